The second kappa shape index (κ2) is 5.27. The van der Waals surface area contributed by atoms with Crippen molar-refractivity contribution in [1.29, 1.82) is 0 Å². The van der Waals surface area contributed by atoms with Crippen LogP contribution in [0.4, 0.5) is 0 Å². The highest BCUT2D eigenvalue weighted by Gasteiger charge is 2.14. The van der Waals surface area contributed by atoms with Crippen molar-refractivity contribution in [3.8, 4) is 11.5 Å². The van der Waals surface area contributed by atoms with Gasteiger partial charge < -0.3 is 9.47 Å². The van der Waals surface area contributed by atoms with Crippen LogP contribution in [0.25, 0.3) is 0 Å². The fourth-order valence-corrected chi connectivity index (χ4v) is 1.48. The van der Waals surface area contributed by atoms with Crippen LogP contribution in [-0.4, -0.2) is 30.0 Å². The second-order valence-electron chi connectivity index (χ2n) is 3.50. The van der Waals surface area contributed by atoms with E-state index in [2.05, 4.69) is 9.97 Å². The largest absolute Gasteiger partial charge is 0.497 e. The molecule has 18 heavy (non-hydrogen) atoms. The predicted octanol–water partition coefficient (Wildman–Crippen LogP) is 1.72. The summed E-state index contributed by atoms with van der Waals surface area (Å²) in [6.07, 6.45) is 3.05. The van der Waals surface area contributed by atoms with Crippen molar-refractivity contribution in [3.05, 3.63) is 48.0 Å². The summed E-state index contributed by atoms with van der Waals surface area (Å²) in [6.45, 7) is 0. The highest BCUT2D eigenvalue weighted by molar-refractivity contribution is 6.06. The maximum absolute atomic E-state index is 12.1. The predicted molar refractivity (Wildman–Crippen MR) is 65.0 cm³/mol. The summed E-state index contributed by atoms with van der Waals surface area (Å²) in [5, 5.41) is 0. The molecule has 0 aliphatic rings. The van der Waals surface area contributed by atoms with E-state index in [-0.39, 0.29) is 11.6 Å². The highest BCUT2D eigenvalue weighted by atomic mass is 16.5. The van der Waals surface area contributed by atoms with Crippen molar-refractivity contribution in [3.63, 3.8) is 0 Å². The van der Waals surface area contributed by atoms with Crippen LogP contribution in [-0.2, 0) is 0 Å². The molecular formula is C13H12N2O3. The molecule has 1 heterocycles. The third kappa shape index (κ3) is 2.45. The lowest BCUT2D eigenvalue weighted by molar-refractivity contribution is 0.102. The molecule has 0 aliphatic carbocycles. The molecule has 0 amide bonds. The summed E-state index contributed by atoms with van der Waals surface area (Å²) in [7, 11) is 3.06. The van der Waals surface area contributed by atoms with Crippen LogP contribution in [0.2, 0.25) is 0 Å². The first-order valence-electron chi connectivity index (χ1n) is 5.29. The number of nitrogens with zero attached hydrogens (tertiary/aromatic N) is 2. The first-order valence-corrected chi connectivity index (χ1v) is 5.29. The minimum absolute atomic E-state index is 0.146. The maximum Gasteiger partial charge on any atom is 0.230 e. The molecule has 2 aromatic rings. The fraction of sp³-hybridized carbons (Fsp3) is 0.154. The molecule has 0 fully saturated rings. The minimum atomic E-state index is -0.271. The lowest BCUT2D eigenvalue weighted by atomic mass is 10.1. The number of ether oxygens (including phenoxy) is 2. The van der Waals surface area contributed by atoms with Crippen molar-refractivity contribution in [1.82, 2.24) is 9.97 Å². The van der Waals surface area contributed by atoms with Gasteiger partial charge in [-0.3, -0.25) is 4.79 Å². The van der Waals surface area contributed by atoms with Gasteiger partial charge in [-0.15, -0.1) is 0 Å². The molecule has 92 valence electrons. The Hall–Kier alpha value is -2.43. The van der Waals surface area contributed by atoms with Gasteiger partial charge in [0.1, 0.15) is 11.5 Å². The van der Waals surface area contributed by atoms with E-state index >= 15 is 0 Å². The molecule has 1 aromatic heterocycles. The van der Waals surface area contributed by atoms with Crippen molar-refractivity contribution in [2.45, 2.75) is 0 Å². The average Bonchev–Trinajstić information content (AvgIpc) is 2.46. The summed E-state index contributed by atoms with van der Waals surface area (Å²) >= 11 is 0. The third-order valence-corrected chi connectivity index (χ3v) is 2.38. The molecule has 2 rings (SSSR count). The van der Waals surface area contributed by atoms with Crippen molar-refractivity contribution in [2.75, 3.05) is 14.2 Å². The van der Waals surface area contributed by atoms with E-state index in [0.29, 0.717) is 17.1 Å². The first-order chi connectivity index (χ1) is 8.74. The smallest absolute Gasteiger partial charge is 0.230 e. The zero-order chi connectivity index (χ0) is 13.0. The zero-order valence-corrected chi connectivity index (χ0v) is 10.1. The molecule has 0 saturated heterocycles. The number of ketones is 1. The molecule has 0 bridgehead atoms. The number of hydrogen-bond donors (Lipinski definition) is 0. The second-order valence-corrected chi connectivity index (χ2v) is 3.50. The van der Waals surface area contributed by atoms with Gasteiger partial charge in [-0.2, -0.15) is 0 Å². The van der Waals surface area contributed by atoms with Gasteiger partial charge in [-0.05, 0) is 18.2 Å². The molecule has 1 aromatic carbocycles. The van der Waals surface area contributed by atoms with E-state index in [9.17, 15) is 4.79 Å². The van der Waals surface area contributed by atoms with Crippen molar-refractivity contribution >= 4 is 5.78 Å². The van der Waals surface area contributed by atoms with E-state index in [1.807, 2.05) is 0 Å². The molecular weight excluding hydrogens is 232 g/mol. The van der Waals surface area contributed by atoms with Crippen LogP contribution < -0.4 is 9.47 Å². The molecule has 5 nitrogen and oxygen atoms in total. The van der Waals surface area contributed by atoms with Gasteiger partial charge in [0.2, 0.25) is 11.6 Å². The Kier molecular flexibility index (Phi) is 3.52. The molecule has 0 N–H and O–H groups in total. The number of hydrogen-bond acceptors (Lipinski definition) is 5. The Morgan fingerprint density at radius 3 is 2.06 bits per heavy atom. The Labute approximate surface area is 104 Å². The van der Waals surface area contributed by atoms with Crippen molar-refractivity contribution < 1.29 is 14.3 Å². The van der Waals surface area contributed by atoms with E-state index in [0.717, 1.165) is 0 Å². The number of carbonyl (C=O) groups is 1. The Balaban J connectivity index is 2.41. The topological polar surface area (TPSA) is 61.3 Å². The van der Waals surface area contributed by atoms with Crippen LogP contribution in [0, 0.1) is 0 Å². The third-order valence-electron chi connectivity index (χ3n) is 2.38. The Morgan fingerprint density at radius 2 is 1.56 bits per heavy atom. The number of methoxy groups -OCH3 is 2. The molecule has 0 aliphatic heterocycles. The van der Waals surface area contributed by atoms with Crippen LogP contribution in [0.3, 0.4) is 0 Å². The Bertz CT molecular complexity index is 533. The lowest BCUT2D eigenvalue weighted by Gasteiger charge is -2.07. The summed E-state index contributed by atoms with van der Waals surface area (Å²) < 4.78 is 10.2. The molecule has 0 atom stereocenters. The fourth-order valence-electron chi connectivity index (χ4n) is 1.48. The number of rotatable bonds is 4. The Morgan fingerprint density at radius 1 is 1.00 bits per heavy atom. The van der Waals surface area contributed by atoms with Gasteiger partial charge in [0.25, 0.3) is 0 Å². The van der Waals surface area contributed by atoms with Crippen LogP contribution in [0.5, 0.6) is 11.5 Å². The summed E-state index contributed by atoms with van der Waals surface area (Å²) in [5.41, 5.74) is 0.428. The van der Waals surface area contributed by atoms with Crippen LogP contribution >= 0.6 is 0 Å². The lowest BCUT2D eigenvalue weighted by Crippen LogP contribution is -2.06. The maximum atomic E-state index is 12.1. The number of benzene rings is 1. The molecule has 5 heteroatoms. The standard InChI is InChI=1S/C13H12N2O3/c1-17-10-6-9(7-11(8-10)18-2)12(16)13-14-4-3-5-15-13/h3-8H,1-2H3. The molecule has 0 saturated carbocycles. The molecule has 0 unspecified atom stereocenters. The van der Waals surface area contributed by atoms with Crippen LogP contribution in [0.1, 0.15) is 16.2 Å². The van der Waals surface area contributed by atoms with Crippen molar-refractivity contribution in [2.24, 2.45) is 0 Å². The quantitative estimate of drug-likeness (QED) is 0.766. The summed E-state index contributed by atoms with van der Waals surface area (Å²) in [5.74, 6) is 0.975. The van der Waals surface area contributed by atoms with E-state index < -0.39 is 0 Å². The normalized spacial score (nSPS) is 9.89. The van der Waals surface area contributed by atoms with Gasteiger partial charge in [-0.25, -0.2) is 9.97 Å². The van der Waals surface area contributed by atoms with E-state index in [4.69, 9.17) is 9.47 Å². The van der Waals surface area contributed by atoms with E-state index in [1.54, 1.807) is 24.3 Å². The van der Waals surface area contributed by atoms with Gasteiger partial charge in [0, 0.05) is 24.0 Å². The molecule has 0 radical (unpaired) electrons. The summed E-state index contributed by atoms with van der Waals surface area (Å²) in [4.78, 5) is 20.0. The van der Waals surface area contributed by atoms with Gasteiger partial charge >= 0.3 is 0 Å². The van der Waals surface area contributed by atoms with Crippen LogP contribution in [0.15, 0.2) is 36.7 Å². The van der Waals surface area contributed by atoms with Gasteiger partial charge in [-0.1, -0.05) is 0 Å². The van der Waals surface area contributed by atoms with Gasteiger partial charge in [0.05, 0.1) is 14.2 Å². The average molecular weight is 244 g/mol. The number of carbonyl (C=O) groups excluding carboxylic acids is 1. The number of aromatic nitrogens is 2. The SMILES string of the molecule is COc1cc(OC)cc(C(=O)c2ncccn2)c1. The van der Waals surface area contributed by atoms with E-state index in [1.165, 1.54) is 26.6 Å². The first kappa shape index (κ1) is 12.0. The monoisotopic (exact) mass is 244 g/mol. The minimum Gasteiger partial charge on any atom is -0.497 e. The molecule has 0 spiro atoms. The highest BCUT2D eigenvalue weighted by Crippen LogP contribution is 2.23. The van der Waals surface area contributed by atoms with Gasteiger partial charge in [0.15, 0.2) is 0 Å². The summed E-state index contributed by atoms with van der Waals surface area (Å²) in [6, 6.07) is 6.61. The zero-order valence-electron chi connectivity index (χ0n) is 10.1.